The van der Waals surface area contributed by atoms with Crippen LogP contribution in [0.4, 0.5) is 13.2 Å². The second kappa shape index (κ2) is 13.2. The first kappa shape index (κ1) is 29.3. The van der Waals surface area contributed by atoms with E-state index in [4.69, 9.17) is 18.9 Å². The standard InChI is InChI=1S/C32H33F3N2O5/c1-39-25-13-20(14-26(17-25)40-2)19-37(23-5-6-23)32(38)28-18-36-10-9-27(28)21-3-7-24(8-4-21)41-11-12-42-31-29(34)15-22(33)16-30(31)35/h3-4,7-8,13-17,23,36H,5-6,9-12,18-19H2,1-2H3. The fourth-order valence-electron chi connectivity index (χ4n) is 5.01. The lowest BCUT2D eigenvalue weighted by molar-refractivity contribution is -0.128. The first-order valence-corrected chi connectivity index (χ1v) is 13.8. The number of nitrogens with one attached hydrogen (secondary N) is 1. The van der Waals surface area contributed by atoms with Crippen molar-refractivity contribution in [3.63, 3.8) is 0 Å². The molecule has 3 aromatic carbocycles. The van der Waals surface area contributed by atoms with Crippen molar-refractivity contribution in [1.29, 1.82) is 0 Å². The summed E-state index contributed by atoms with van der Waals surface area (Å²) >= 11 is 0. The molecule has 42 heavy (non-hydrogen) atoms. The van der Waals surface area contributed by atoms with Crippen LogP contribution in [0.25, 0.3) is 5.57 Å². The van der Waals surface area contributed by atoms with Crippen LogP contribution >= 0.6 is 0 Å². The van der Waals surface area contributed by atoms with Crippen molar-refractivity contribution in [2.45, 2.75) is 31.8 Å². The number of rotatable bonds is 12. The molecule has 0 spiro atoms. The zero-order valence-corrected chi connectivity index (χ0v) is 23.6. The zero-order chi connectivity index (χ0) is 29.6. The number of nitrogens with zero attached hydrogens (tertiary/aromatic N) is 1. The fourth-order valence-corrected chi connectivity index (χ4v) is 5.01. The minimum atomic E-state index is -1.11. The van der Waals surface area contributed by atoms with Crippen LogP contribution in [0, 0.1) is 17.5 Å². The number of ether oxygens (including phenoxy) is 4. The monoisotopic (exact) mass is 582 g/mol. The predicted octanol–water partition coefficient (Wildman–Crippen LogP) is 5.52. The minimum absolute atomic E-state index is 0.0132. The zero-order valence-electron chi connectivity index (χ0n) is 23.6. The molecular weight excluding hydrogens is 549 g/mol. The molecule has 1 heterocycles. The summed E-state index contributed by atoms with van der Waals surface area (Å²) in [7, 11) is 3.21. The van der Waals surface area contributed by atoms with Crippen molar-refractivity contribution in [3.05, 3.63) is 88.7 Å². The van der Waals surface area contributed by atoms with Gasteiger partial charge in [-0.1, -0.05) is 12.1 Å². The Labute approximate surface area is 242 Å². The Kier molecular flexibility index (Phi) is 9.22. The molecule has 0 saturated heterocycles. The van der Waals surface area contributed by atoms with Gasteiger partial charge in [-0.05, 0) is 66.8 Å². The lowest BCUT2D eigenvalue weighted by Crippen LogP contribution is -2.39. The van der Waals surface area contributed by atoms with Gasteiger partial charge in [0.1, 0.15) is 36.3 Å². The highest BCUT2D eigenvalue weighted by Gasteiger charge is 2.35. The molecule has 1 amide bonds. The summed E-state index contributed by atoms with van der Waals surface area (Å²) in [6.45, 7) is 1.58. The van der Waals surface area contributed by atoms with E-state index in [-0.39, 0.29) is 25.2 Å². The molecule has 1 aliphatic carbocycles. The maximum absolute atomic E-state index is 14.0. The van der Waals surface area contributed by atoms with E-state index in [1.165, 1.54) is 0 Å². The number of halogens is 3. The van der Waals surface area contributed by atoms with Crippen LogP contribution in [0.2, 0.25) is 0 Å². The predicted molar refractivity (Wildman–Crippen MR) is 151 cm³/mol. The molecule has 0 bridgehead atoms. The topological polar surface area (TPSA) is 69.3 Å². The molecule has 1 fully saturated rings. The van der Waals surface area contributed by atoms with Crippen molar-refractivity contribution >= 4 is 11.5 Å². The molecule has 7 nitrogen and oxygen atoms in total. The van der Waals surface area contributed by atoms with E-state index in [2.05, 4.69) is 5.32 Å². The van der Waals surface area contributed by atoms with Crippen molar-refractivity contribution in [2.24, 2.45) is 0 Å². The van der Waals surface area contributed by atoms with Crippen molar-refractivity contribution < 1.29 is 36.9 Å². The van der Waals surface area contributed by atoms with Gasteiger partial charge in [-0.2, -0.15) is 0 Å². The number of carbonyl (C=O) groups is 1. The second-order valence-electron chi connectivity index (χ2n) is 10.2. The van der Waals surface area contributed by atoms with Crippen LogP contribution < -0.4 is 24.3 Å². The summed E-state index contributed by atoms with van der Waals surface area (Å²) < 4.78 is 62.2. The summed E-state index contributed by atoms with van der Waals surface area (Å²) in [5.74, 6) is -1.97. The van der Waals surface area contributed by atoms with Crippen LogP contribution in [0.1, 0.15) is 30.4 Å². The first-order chi connectivity index (χ1) is 20.4. The van der Waals surface area contributed by atoms with E-state index < -0.39 is 23.2 Å². The van der Waals surface area contributed by atoms with Crippen molar-refractivity contribution in [3.8, 4) is 23.0 Å². The van der Waals surface area contributed by atoms with Crippen LogP contribution in [0.5, 0.6) is 23.0 Å². The van der Waals surface area contributed by atoms with E-state index in [0.717, 1.165) is 41.7 Å². The summed E-state index contributed by atoms with van der Waals surface area (Å²) in [6, 6.07) is 14.4. The third-order valence-electron chi connectivity index (χ3n) is 7.25. The molecule has 222 valence electrons. The smallest absolute Gasteiger partial charge is 0.251 e. The van der Waals surface area contributed by atoms with Gasteiger partial charge in [-0.15, -0.1) is 0 Å². The van der Waals surface area contributed by atoms with Gasteiger partial charge >= 0.3 is 0 Å². The van der Waals surface area contributed by atoms with Gasteiger partial charge in [0, 0.05) is 42.9 Å². The van der Waals surface area contributed by atoms with E-state index in [1.54, 1.807) is 26.4 Å². The first-order valence-electron chi connectivity index (χ1n) is 13.8. The van der Waals surface area contributed by atoms with Crippen LogP contribution in [0.15, 0.2) is 60.2 Å². The molecule has 0 unspecified atom stereocenters. The third kappa shape index (κ3) is 6.99. The molecule has 10 heteroatoms. The van der Waals surface area contributed by atoms with Gasteiger partial charge in [-0.25, -0.2) is 13.2 Å². The number of amides is 1. The lowest BCUT2D eigenvalue weighted by Gasteiger charge is -2.28. The van der Waals surface area contributed by atoms with E-state index in [9.17, 15) is 18.0 Å². The van der Waals surface area contributed by atoms with Crippen molar-refractivity contribution in [1.82, 2.24) is 10.2 Å². The van der Waals surface area contributed by atoms with Gasteiger partial charge < -0.3 is 29.2 Å². The summed E-state index contributed by atoms with van der Waals surface area (Å²) in [6.07, 6.45) is 2.65. The van der Waals surface area contributed by atoms with Crippen LogP contribution in [-0.4, -0.2) is 57.4 Å². The Morgan fingerprint density at radius 2 is 1.52 bits per heavy atom. The number of carbonyl (C=O) groups excluding carboxylic acids is 1. The van der Waals surface area contributed by atoms with E-state index >= 15 is 0 Å². The Morgan fingerprint density at radius 1 is 0.881 bits per heavy atom. The fraction of sp³-hybridized carbons (Fsp3) is 0.344. The van der Waals surface area contributed by atoms with E-state index in [1.807, 2.05) is 35.2 Å². The van der Waals surface area contributed by atoms with Gasteiger partial charge in [0.2, 0.25) is 0 Å². The molecule has 2 aliphatic rings. The third-order valence-corrected chi connectivity index (χ3v) is 7.25. The van der Waals surface area contributed by atoms with Crippen LogP contribution in [0.3, 0.4) is 0 Å². The number of hydrogen-bond donors (Lipinski definition) is 1. The average molecular weight is 583 g/mol. The number of benzene rings is 3. The maximum atomic E-state index is 14.0. The van der Waals surface area contributed by atoms with E-state index in [0.29, 0.717) is 48.9 Å². The number of hydrogen-bond acceptors (Lipinski definition) is 6. The van der Waals surface area contributed by atoms with Crippen molar-refractivity contribution in [2.75, 3.05) is 40.5 Å². The Bertz CT molecular complexity index is 1410. The number of methoxy groups -OCH3 is 2. The highest BCUT2D eigenvalue weighted by molar-refractivity contribution is 6.02. The van der Waals surface area contributed by atoms with Gasteiger partial charge in [-0.3, -0.25) is 4.79 Å². The molecule has 1 saturated carbocycles. The highest BCUT2D eigenvalue weighted by atomic mass is 19.1. The molecule has 3 aromatic rings. The molecule has 1 N–H and O–H groups in total. The molecule has 0 radical (unpaired) electrons. The molecule has 1 aliphatic heterocycles. The van der Waals surface area contributed by atoms with Gasteiger partial charge in [0.25, 0.3) is 5.91 Å². The summed E-state index contributed by atoms with van der Waals surface area (Å²) in [4.78, 5) is 15.9. The Balaban J connectivity index is 1.27. The van der Waals surface area contributed by atoms with Gasteiger partial charge in [0.15, 0.2) is 17.4 Å². The SMILES string of the molecule is COc1cc(CN(C(=O)C2=C(c3ccc(OCCOc4c(F)cc(F)cc4F)cc3)CCNC2)C2CC2)cc(OC)c1. The largest absolute Gasteiger partial charge is 0.497 e. The second-order valence-corrected chi connectivity index (χ2v) is 10.2. The average Bonchev–Trinajstić information content (AvgIpc) is 3.84. The minimum Gasteiger partial charge on any atom is -0.497 e. The normalized spacial score (nSPS) is 14.9. The Morgan fingerprint density at radius 3 is 2.14 bits per heavy atom. The highest BCUT2D eigenvalue weighted by Crippen LogP contribution is 2.34. The van der Waals surface area contributed by atoms with Crippen LogP contribution in [-0.2, 0) is 11.3 Å². The molecule has 5 rings (SSSR count). The maximum Gasteiger partial charge on any atom is 0.251 e. The molecule has 0 atom stereocenters. The summed E-state index contributed by atoms with van der Waals surface area (Å²) in [5, 5.41) is 3.34. The van der Waals surface area contributed by atoms with Gasteiger partial charge in [0.05, 0.1) is 14.2 Å². The Hall–Kier alpha value is -4.18. The molecular formula is C32H33F3N2O5. The lowest BCUT2D eigenvalue weighted by atomic mass is 9.93. The molecule has 0 aromatic heterocycles. The summed E-state index contributed by atoms with van der Waals surface area (Å²) in [5.41, 5.74) is 3.60. The quantitative estimate of drug-likeness (QED) is 0.284.